The minimum atomic E-state index is -4.44. The van der Waals surface area contributed by atoms with Crippen LogP contribution in [0.5, 0.6) is 5.88 Å². The maximum atomic E-state index is 12.3. The van der Waals surface area contributed by atoms with Crippen molar-refractivity contribution in [2.45, 2.75) is 39.0 Å². The Kier molecular flexibility index (Phi) is 10.4. The molecular formula is C16H25F3IN5O2. The molecule has 0 saturated heterocycles. The van der Waals surface area contributed by atoms with Crippen LogP contribution in [0.4, 0.5) is 13.2 Å². The fraction of sp³-hybridized carbons (Fsp3) is 0.562. The molecule has 0 unspecified atom stereocenters. The summed E-state index contributed by atoms with van der Waals surface area (Å²) in [6.07, 6.45) is -3.10. The molecule has 0 atom stereocenters. The number of ether oxygens (including phenoxy) is 1. The average Bonchev–Trinajstić information content (AvgIpc) is 2.51. The Balaban J connectivity index is 0.00000676. The monoisotopic (exact) mass is 503 g/mol. The van der Waals surface area contributed by atoms with Crippen molar-refractivity contribution >= 4 is 35.8 Å². The maximum absolute atomic E-state index is 12.3. The molecule has 1 aromatic heterocycles. The third kappa shape index (κ3) is 11.5. The van der Waals surface area contributed by atoms with Crippen molar-refractivity contribution < 1.29 is 22.7 Å². The molecule has 1 amide bonds. The first-order chi connectivity index (χ1) is 12.0. The SMILES string of the molecule is CN=C(NCC(=O)NC(C)(C)C)NCc1cccnc1OCC(F)(F)F.I. The molecule has 1 rings (SSSR count). The molecule has 0 saturated carbocycles. The molecule has 27 heavy (non-hydrogen) atoms. The van der Waals surface area contributed by atoms with E-state index in [2.05, 4.69) is 25.9 Å². The van der Waals surface area contributed by atoms with Gasteiger partial charge in [-0.3, -0.25) is 9.79 Å². The third-order valence-corrected chi connectivity index (χ3v) is 2.82. The molecule has 1 heterocycles. The van der Waals surface area contributed by atoms with E-state index in [1.807, 2.05) is 20.8 Å². The number of pyridine rings is 1. The van der Waals surface area contributed by atoms with E-state index < -0.39 is 12.8 Å². The van der Waals surface area contributed by atoms with Crippen molar-refractivity contribution in [3.05, 3.63) is 23.9 Å². The summed E-state index contributed by atoms with van der Waals surface area (Å²) in [5.74, 6) is -0.00559. The highest BCUT2D eigenvalue weighted by molar-refractivity contribution is 14.0. The number of rotatable bonds is 6. The van der Waals surface area contributed by atoms with Gasteiger partial charge in [0.05, 0.1) is 6.54 Å². The maximum Gasteiger partial charge on any atom is 0.422 e. The quantitative estimate of drug-likeness (QED) is 0.315. The number of alkyl halides is 3. The number of aromatic nitrogens is 1. The number of nitrogens with zero attached hydrogens (tertiary/aromatic N) is 2. The highest BCUT2D eigenvalue weighted by Crippen LogP contribution is 2.19. The first kappa shape index (κ1) is 25.2. The van der Waals surface area contributed by atoms with Gasteiger partial charge in [-0.05, 0) is 26.8 Å². The molecule has 3 N–H and O–H groups in total. The minimum Gasteiger partial charge on any atom is -0.468 e. The predicted octanol–water partition coefficient (Wildman–Crippen LogP) is 2.22. The number of aliphatic imine (C=N–C) groups is 1. The summed E-state index contributed by atoms with van der Waals surface area (Å²) in [6, 6.07) is 3.18. The first-order valence-corrected chi connectivity index (χ1v) is 7.89. The topological polar surface area (TPSA) is 87.6 Å². The van der Waals surface area contributed by atoms with E-state index >= 15 is 0 Å². The van der Waals surface area contributed by atoms with Crippen LogP contribution in [0.15, 0.2) is 23.3 Å². The van der Waals surface area contributed by atoms with Crippen LogP contribution in [0.1, 0.15) is 26.3 Å². The molecule has 0 aromatic carbocycles. The van der Waals surface area contributed by atoms with Gasteiger partial charge in [-0.1, -0.05) is 6.07 Å². The number of amides is 1. The van der Waals surface area contributed by atoms with Gasteiger partial charge in [0.15, 0.2) is 12.6 Å². The molecule has 0 spiro atoms. The fourth-order valence-corrected chi connectivity index (χ4v) is 1.86. The Morgan fingerprint density at radius 2 is 1.93 bits per heavy atom. The zero-order valence-electron chi connectivity index (χ0n) is 15.6. The third-order valence-electron chi connectivity index (χ3n) is 2.82. The molecule has 0 fully saturated rings. The Hall–Kier alpha value is -1.79. The Bertz CT molecular complexity index is 633. The van der Waals surface area contributed by atoms with Gasteiger partial charge >= 0.3 is 6.18 Å². The molecule has 7 nitrogen and oxygen atoms in total. The van der Waals surface area contributed by atoms with Gasteiger partial charge in [-0.15, -0.1) is 24.0 Å². The van der Waals surface area contributed by atoms with Crippen molar-refractivity contribution in [1.29, 1.82) is 0 Å². The number of hydrogen-bond donors (Lipinski definition) is 3. The van der Waals surface area contributed by atoms with Gasteiger partial charge in [0.1, 0.15) is 0 Å². The van der Waals surface area contributed by atoms with Crippen LogP contribution in [0.3, 0.4) is 0 Å². The lowest BCUT2D eigenvalue weighted by molar-refractivity contribution is -0.154. The Morgan fingerprint density at radius 3 is 2.48 bits per heavy atom. The zero-order chi connectivity index (χ0) is 19.8. The second kappa shape index (κ2) is 11.1. The summed E-state index contributed by atoms with van der Waals surface area (Å²) in [6.45, 7) is 4.30. The summed E-state index contributed by atoms with van der Waals surface area (Å²) in [5, 5.41) is 8.51. The summed E-state index contributed by atoms with van der Waals surface area (Å²) in [5.41, 5.74) is 0.0784. The van der Waals surface area contributed by atoms with E-state index in [9.17, 15) is 18.0 Å². The molecule has 0 aliphatic rings. The zero-order valence-corrected chi connectivity index (χ0v) is 17.9. The number of nitrogens with one attached hydrogen (secondary N) is 3. The Morgan fingerprint density at radius 1 is 1.26 bits per heavy atom. The van der Waals surface area contributed by atoms with E-state index in [1.54, 1.807) is 12.1 Å². The lowest BCUT2D eigenvalue weighted by Crippen LogP contribution is -2.48. The van der Waals surface area contributed by atoms with E-state index in [4.69, 9.17) is 4.74 Å². The van der Waals surface area contributed by atoms with Crippen LogP contribution in [-0.2, 0) is 11.3 Å². The number of carbonyl (C=O) groups is 1. The number of halogens is 4. The van der Waals surface area contributed by atoms with Crippen molar-refractivity contribution in [2.24, 2.45) is 4.99 Å². The summed E-state index contributed by atoms with van der Waals surface area (Å²) in [4.78, 5) is 19.6. The Labute approximate surface area is 173 Å². The summed E-state index contributed by atoms with van der Waals surface area (Å²) in [7, 11) is 1.52. The molecule has 0 bridgehead atoms. The number of hydrogen-bond acceptors (Lipinski definition) is 4. The van der Waals surface area contributed by atoms with E-state index in [1.165, 1.54) is 13.2 Å². The van der Waals surface area contributed by atoms with E-state index in [0.29, 0.717) is 11.5 Å². The smallest absolute Gasteiger partial charge is 0.422 e. The lowest BCUT2D eigenvalue weighted by atomic mass is 10.1. The molecule has 0 radical (unpaired) electrons. The van der Waals surface area contributed by atoms with Crippen LogP contribution in [0.2, 0.25) is 0 Å². The van der Waals surface area contributed by atoms with Crippen LogP contribution in [-0.4, -0.2) is 48.8 Å². The highest BCUT2D eigenvalue weighted by Gasteiger charge is 2.29. The molecule has 1 aromatic rings. The second-order valence-corrected chi connectivity index (χ2v) is 6.45. The normalized spacial score (nSPS) is 12.0. The second-order valence-electron chi connectivity index (χ2n) is 6.45. The summed E-state index contributed by atoms with van der Waals surface area (Å²) >= 11 is 0. The molecule has 11 heteroatoms. The highest BCUT2D eigenvalue weighted by atomic mass is 127. The van der Waals surface area contributed by atoms with Crippen LogP contribution in [0.25, 0.3) is 0 Å². The van der Waals surface area contributed by atoms with Gasteiger partial charge in [0.25, 0.3) is 0 Å². The number of guanidine groups is 1. The van der Waals surface area contributed by atoms with Crippen LogP contribution in [0, 0.1) is 0 Å². The molecule has 0 aliphatic carbocycles. The summed E-state index contributed by atoms with van der Waals surface area (Å²) < 4.78 is 41.6. The van der Waals surface area contributed by atoms with Crippen molar-refractivity contribution in [3.8, 4) is 5.88 Å². The number of carbonyl (C=O) groups excluding carboxylic acids is 1. The van der Waals surface area contributed by atoms with Gasteiger partial charge in [-0.2, -0.15) is 13.2 Å². The molecule has 0 aliphatic heterocycles. The largest absolute Gasteiger partial charge is 0.468 e. The molecule has 154 valence electrons. The first-order valence-electron chi connectivity index (χ1n) is 7.89. The van der Waals surface area contributed by atoms with Crippen molar-refractivity contribution in [1.82, 2.24) is 20.9 Å². The average molecular weight is 503 g/mol. The van der Waals surface area contributed by atoms with Crippen molar-refractivity contribution in [3.63, 3.8) is 0 Å². The van der Waals surface area contributed by atoms with Gasteiger partial charge in [0, 0.05) is 30.9 Å². The van der Waals surface area contributed by atoms with E-state index in [-0.39, 0.29) is 54.4 Å². The predicted molar refractivity (Wildman–Crippen MR) is 107 cm³/mol. The lowest BCUT2D eigenvalue weighted by Gasteiger charge is -2.21. The van der Waals surface area contributed by atoms with Crippen LogP contribution < -0.4 is 20.7 Å². The molecular weight excluding hydrogens is 478 g/mol. The van der Waals surface area contributed by atoms with E-state index in [0.717, 1.165) is 0 Å². The van der Waals surface area contributed by atoms with Gasteiger partial charge < -0.3 is 20.7 Å². The fourth-order valence-electron chi connectivity index (χ4n) is 1.86. The van der Waals surface area contributed by atoms with Gasteiger partial charge in [0.2, 0.25) is 11.8 Å². The standard InChI is InChI=1S/C16H24F3N5O2.HI/c1-15(2,3)24-12(25)9-23-14(20-4)22-8-11-6-5-7-21-13(11)26-10-16(17,18)19;/h5-7H,8-10H2,1-4H3,(H,24,25)(H2,20,22,23);1H. The van der Waals surface area contributed by atoms with Gasteiger partial charge in [-0.25, -0.2) is 4.98 Å². The minimum absolute atomic E-state index is 0. The van der Waals surface area contributed by atoms with Crippen molar-refractivity contribution in [2.75, 3.05) is 20.2 Å². The van der Waals surface area contributed by atoms with Crippen LogP contribution >= 0.6 is 24.0 Å².